The molecule has 0 aromatic rings. The number of unbranched alkanes of at least 4 members (excludes halogenated alkanes) is 17. The van der Waals surface area contributed by atoms with Crippen molar-refractivity contribution in [3.63, 3.8) is 0 Å². The van der Waals surface area contributed by atoms with E-state index < -0.39 is 0 Å². The van der Waals surface area contributed by atoms with Gasteiger partial charge in [-0.3, -0.25) is 0 Å². The minimum Gasteiger partial charge on any atom is -0.0654 e. The Balaban J connectivity index is 3.07. The second-order valence-electron chi connectivity index (χ2n) is 8.72. The van der Waals surface area contributed by atoms with Crippen LogP contribution in [0.5, 0.6) is 0 Å². The lowest BCUT2D eigenvalue weighted by atomic mass is 9.94. The molecule has 0 aliphatic heterocycles. The van der Waals surface area contributed by atoms with Gasteiger partial charge in [-0.05, 0) is 5.92 Å². The van der Waals surface area contributed by atoms with E-state index in [0.717, 1.165) is 12.3 Å². The van der Waals surface area contributed by atoms with E-state index in [9.17, 15) is 0 Å². The highest BCUT2D eigenvalue weighted by molar-refractivity contribution is 4.59. The largest absolute Gasteiger partial charge is 0.0654 e. The molecule has 0 amide bonds. The molecule has 0 aromatic carbocycles. The van der Waals surface area contributed by atoms with Crippen LogP contribution in [0.25, 0.3) is 0 Å². The molecule has 0 nitrogen and oxygen atoms in total. The minimum atomic E-state index is 0.952. The molecule has 0 saturated heterocycles. The Morgan fingerprint density at radius 3 is 1.12 bits per heavy atom. The van der Waals surface area contributed by atoms with Gasteiger partial charge in [0.25, 0.3) is 0 Å². The van der Waals surface area contributed by atoms with Crippen LogP contribution in [0.1, 0.15) is 155 Å². The van der Waals surface area contributed by atoms with Gasteiger partial charge in [0.1, 0.15) is 0 Å². The summed E-state index contributed by atoms with van der Waals surface area (Å²) in [6.07, 6.45) is 31.7. The summed E-state index contributed by atoms with van der Waals surface area (Å²) in [6, 6.07) is 0. The fourth-order valence-corrected chi connectivity index (χ4v) is 4.18. The van der Waals surface area contributed by atoms with Crippen LogP contribution in [-0.2, 0) is 0 Å². The lowest BCUT2D eigenvalue weighted by Crippen LogP contribution is -1.98. The van der Waals surface area contributed by atoms with E-state index in [0.29, 0.717) is 0 Å². The number of hydrogen-bond acceptors (Lipinski definition) is 0. The van der Waals surface area contributed by atoms with Gasteiger partial charge < -0.3 is 0 Å². The van der Waals surface area contributed by atoms with Crippen LogP contribution in [0, 0.1) is 12.8 Å². The molecular formula is C26H53. The Bertz CT molecular complexity index is 232. The zero-order chi connectivity index (χ0) is 19.1. The van der Waals surface area contributed by atoms with E-state index in [2.05, 4.69) is 20.8 Å². The van der Waals surface area contributed by atoms with Crippen LogP contribution in [0.15, 0.2) is 0 Å². The molecule has 0 aromatic heterocycles. The average molecular weight is 366 g/mol. The number of hydrogen-bond donors (Lipinski definition) is 0. The summed E-state index contributed by atoms with van der Waals surface area (Å²) in [5, 5.41) is 0. The summed E-state index contributed by atoms with van der Waals surface area (Å²) in [6.45, 7) is 8.65. The van der Waals surface area contributed by atoms with Gasteiger partial charge in [0.15, 0.2) is 0 Å². The first-order valence-electron chi connectivity index (χ1n) is 12.6. The van der Waals surface area contributed by atoms with Gasteiger partial charge in [-0.15, -0.1) is 0 Å². The van der Waals surface area contributed by atoms with E-state index in [1.165, 1.54) is 135 Å². The maximum Gasteiger partial charge on any atom is -0.0417 e. The highest BCUT2D eigenvalue weighted by atomic mass is 14.1. The summed E-state index contributed by atoms with van der Waals surface area (Å²) in [4.78, 5) is 0. The third-order valence-corrected chi connectivity index (χ3v) is 6.16. The van der Waals surface area contributed by atoms with Crippen molar-refractivity contribution in [1.29, 1.82) is 0 Å². The summed E-state index contributed by atoms with van der Waals surface area (Å²) in [5.74, 6) is 0.952. The van der Waals surface area contributed by atoms with Crippen molar-refractivity contribution >= 4 is 0 Å². The Hall–Kier alpha value is 0. The van der Waals surface area contributed by atoms with Gasteiger partial charge in [0.05, 0.1) is 0 Å². The van der Waals surface area contributed by atoms with E-state index in [4.69, 9.17) is 0 Å². The Morgan fingerprint density at radius 2 is 0.808 bits per heavy atom. The van der Waals surface area contributed by atoms with E-state index in [1.807, 2.05) is 0 Å². The Labute approximate surface area is 168 Å². The van der Waals surface area contributed by atoms with E-state index in [1.54, 1.807) is 0 Å². The predicted octanol–water partition coefficient (Wildman–Crippen LogP) is 10.1. The molecule has 0 spiro atoms. The SMILES string of the molecule is [CH2]CCC(CC)CCCCCCCCCCCCCCCCCCCC. The maximum atomic E-state index is 4.00. The maximum absolute atomic E-state index is 4.00. The van der Waals surface area contributed by atoms with Crippen molar-refractivity contribution < 1.29 is 0 Å². The van der Waals surface area contributed by atoms with Crippen LogP contribution in [0.2, 0.25) is 0 Å². The first-order valence-corrected chi connectivity index (χ1v) is 12.6. The first-order chi connectivity index (χ1) is 12.8. The molecule has 0 bridgehead atoms. The van der Waals surface area contributed by atoms with E-state index in [-0.39, 0.29) is 0 Å². The van der Waals surface area contributed by atoms with Crippen molar-refractivity contribution in [3.05, 3.63) is 6.92 Å². The Kier molecular flexibility index (Phi) is 23.0. The van der Waals surface area contributed by atoms with Crippen molar-refractivity contribution in [2.75, 3.05) is 0 Å². The molecule has 1 atom stereocenters. The summed E-state index contributed by atoms with van der Waals surface area (Å²) >= 11 is 0. The van der Waals surface area contributed by atoms with Crippen LogP contribution < -0.4 is 0 Å². The van der Waals surface area contributed by atoms with Crippen LogP contribution in [0.4, 0.5) is 0 Å². The molecule has 0 rings (SSSR count). The van der Waals surface area contributed by atoms with E-state index >= 15 is 0 Å². The third kappa shape index (κ3) is 20.3. The zero-order valence-corrected chi connectivity index (χ0v) is 18.8. The molecule has 0 N–H and O–H groups in total. The third-order valence-electron chi connectivity index (χ3n) is 6.16. The summed E-state index contributed by atoms with van der Waals surface area (Å²) in [5.41, 5.74) is 0. The fraction of sp³-hybridized carbons (Fsp3) is 0.962. The predicted molar refractivity (Wildman–Crippen MR) is 122 cm³/mol. The fourth-order valence-electron chi connectivity index (χ4n) is 4.18. The molecule has 0 heteroatoms. The number of rotatable bonds is 22. The van der Waals surface area contributed by atoms with Crippen LogP contribution in [0.3, 0.4) is 0 Å². The minimum absolute atomic E-state index is 0.952. The quantitative estimate of drug-likeness (QED) is 0.167. The second-order valence-corrected chi connectivity index (χ2v) is 8.72. The highest BCUT2D eigenvalue weighted by Gasteiger charge is 2.04. The molecule has 0 fully saturated rings. The van der Waals surface area contributed by atoms with Crippen LogP contribution in [-0.4, -0.2) is 0 Å². The second kappa shape index (κ2) is 23.0. The smallest absolute Gasteiger partial charge is 0.0417 e. The summed E-state index contributed by atoms with van der Waals surface area (Å²) in [7, 11) is 0. The topological polar surface area (TPSA) is 0 Å². The van der Waals surface area contributed by atoms with Crippen LogP contribution >= 0.6 is 0 Å². The standard InChI is InChI=1S/C26H53/c1-4-7-8-9-10-11-12-13-14-15-16-17-18-19-20-21-22-23-25-26(6-3)24-5-2/h26H,2,4-25H2,1,3H3. The molecule has 0 saturated carbocycles. The summed E-state index contributed by atoms with van der Waals surface area (Å²) < 4.78 is 0. The molecule has 0 aliphatic carbocycles. The van der Waals surface area contributed by atoms with Gasteiger partial charge in [-0.1, -0.05) is 162 Å². The average Bonchev–Trinajstić information content (AvgIpc) is 2.66. The Morgan fingerprint density at radius 1 is 0.462 bits per heavy atom. The molecule has 1 radical (unpaired) electrons. The lowest BCUT2D eigenvalue weighted by Gasteiger charge is -2.12. The van der Waals surface area contributed by atoms with Crippen molar-refractivity contribution in [2.24, 2.45) is 5.92 Å². The highest BCUT2D eigenvalue weighted by Crippen LogP contribution is 2.20. The van der Waals surface area contributed by atoms with Gasteiger partial charge in [-0.25, -0.2) is 0 Å². The van der Waals surface area contributed by atoms with Gasteiger partial charge in [-0.2, -0.15) is 0 Å². The lowest BCUT2D eigenvalue weighted by molar-refractivity contribution is 0.413. The zero-order valence-electron chi connectivity index (χ0n) is 18.8. The molecule has 157 valence electrons. The van der Waals surface area contributed by atoms with Gasteiger partial charge >= 0.3 is 0 Å². The van der Waals surface area contributed by atoms with Crippen molar-refractivity contribution in [2.45, 2.75) is 155 Å². The molecule has 1 unspecified atom stereocenters. The molecular weight excluding hydrogens is 312 g/mol. The molecule has 0 aliphatic rings. The monoisotopic (exact) mass is 365 g/mol. The van der Waals surface area contributed by atoms with Crippen molar-refractivity contribution in [1.82, 2.24) is 0 Å². The first kappa shape index (κ1) is 26.0. The normalized spacial score (nSPS) is 12.6. The molecule has 0 heterocycles. The van der Waals surface area contributed by atoms with Gasteiger partial charge in [0, 0.05) is 0 Å². The van der Waals surface area contributed by atoms with Gasteiger partial charge in [0.2, 0.25) is 0 Å². The van der Waals surface area contributed by atoms with Crippen molar-refractivity contribution in [3.8, 4) is 0 Å². The molecule has 26 heavy (non-hydrogen) atoms.